The van der Waals surface area contributed by atoms with Crippen molar-refractivity contribution in [1.29, 1.82) is 0 Å². The molecule has 0 atom stereocenters. The summed E-state index contributed by atoms with van der Waals surface area (Å²) in [7, 11) is 0. The number of benzene rings is 2. The number of thiazole rings is 1. The fourth-order valence-electron chi connectivity index (χ4n) is 3.25. The van der Waals surface area contributed by atoms with Crippen LogP contribution in [0.2, 0.25) is 0 Å². The minimum absolute atomic E-state index is 0.220. The van der Waals surface area contributed by atoms with E-state index >= 15 is 0 Å². The van der Waals surface area contributed by atoms with Crippen LogP contribution < -0.4 is 14.3 Å². The summed E-state index contributed by atoms with van der Waals surface area (Å²) >= 11 is 1.49. The molecule has 1 aliphatic heterocycles. The molecule has 2 aromatic carbocycles. The second-order valence-corrected chi connectivity index (χ2v) is 7.39. The van der Waals surface area contributed by atoms with Crippen LogP contribution in [0.4, 0.5) is 0 Å². The van der Waals surface area contributed by atoms with Crippen LogP contribution in [0.15, 0.2) is 35.3 Å². The van der Waals surface area contributed by atoms with Crippen LogP contribution in [0.3, 0.4) is 0 Å². The molecule has 5 nitrogen and oxygen atoms in total. The van der Waals surface area contributed by atoms with Crippen molar-refractivity contribution >= 4 is 27.5 Å². The number of aromatic nitrogens is 1. The lowest BCUT2D eigenvalue weighted by Crippen LogP contribution is -2.17. The van der Waals surface area contributed by atoms with E-state index in [1.165, 1.54) is 11.3 Å². The van der Waals surface area contributed by atoms with E-state index in [1.807, 2.05) is 55.7 Å². The summed E-state index contributed by atoms with van der Waals surface area (Å²) < 4.78 is 14.4. The lowest BCUT2D eigenvalue weighted by molar-refractivity contribution is 0.0997. The number of nitrogens with zero attached hydrogens (tertiary/aromatic N) is 2. The van der Waals surface area contributed by atoms with E-state index in [9.17, 15) is 4.79 Å². The van der Waals surface area contributed by atoms with E-state index in [0.717, 1.165) is 39.4 Å². The van der Waals surface area contributed by atoms with Crippen LogP contribution >= 0.6 is 11.3 Å². The van der Waals surface area contributed by atoms with Gasteiger partial charge in [-0.25, -0.2) is 0 Å². The standard InChI is InChI=1S/C20H20N2O3S/c1-4-22-15-10-16-17(25-6-5-24-16)11-18(15)26-20(22)21-19(23)14-8-12(2)7-13(3)9-14/h7-11H,4-6H2,1-3H3. The van der Waals surface area contributed by atoms with Crippen molar-refractivity contribution in [2.75, 3.05) is 13.2 Å². The molecule has 1 aromatic heterocycles. The fraction of sp³-hybridized carbons (Fsp3) is 0.300. The SMILES string of the molecule is CCn1c(=NC(=O)c2cc(C)cc(C)c2)sc2cc3c(cc21)OCCO3. The maximum absolute atomic E-state index is 12.7. The molecule has 0 bridgehead atoms. The van der Waals surface area contributed by atoms with Gasteiger partial charge < -0.3 is 14.0 Å². The smallest absolute Gasteiger partial charge is 0.279 e. The number of carbonyl (C=O) groups excluding carboxylic acids is 1. The van der Waals surface area contributed by atoms with Crippen molar-refractivity contribution in [2.24, 2.45) is 4.99 Å². The van der Waals surface area contributed by atoms with Crippen LogP contribution in [-0.4, -0.2) is 23.7 Å². The highest BCUT2D eigenvalue weighted by molar-refractivity contribution is 7.16. The second-order valence-electron chi connectivity index (χ2n) is 6.39. The summed E-state index contributed by atoms with van der Waals surface area (Å²) in [5.41, 5.74) is 3.75. The Morgan fingerprint density at radius 2 is 1.73 bits per heavy atom. The van der Waals surface area contributed by atoms with E-state index < -0.39 is 0 Å². The van der Waals surface area contributed by atoms with Crippen LogP contribution in [0.5, 0.6) is 11.5 Å². The normalized spacial score (nSPS) is 14.0. The second kappa shape index (κ2) is 6.61. The van der Waals surface area contributed by atoms with Gasteiger partial charge in [0.05, 0.1) is 10.2 Å². The van der Waals surface area contributed by atoms with Crippen LogP contribution in [0, 0.1) is 13.8 Å². The van der Waals surface area contributed by atoms with Crippen molar-refractivity contribution < 1.29 is 14.3 Å². The molecule has 26 heavy (non-hydrogen) atoms. The zero-order chi connectivity index (χ0) is 18.3. The third kappa shape index (κ3) is 3.01. The number of hydrogen-bond donors (Lipinski definition) is 0. The van der Waals surface area contributed by atoms with E-state index in [2.05, 4.69) is 4.99 Å². The summed E-state index contributed by atoms with van der Waals surface area (Å²) in [5, 5.41) is 0. The van der Waals surface area contributed by atoms with Gasteiger partial charge in [0, 0.05) is 24.2 Å². The quantitative estimate of drug-likeness (QED) is 0.690. The molecule has 0 spiro atoms. The summed E-state index contributed by atoms with van der Waals surface area (Å²) in [4.78, 5) is 17.8. The molecule has 0 radical (unpaired) electrons. The van der Waals surface area contributed by atoms with Crippen molar-refractivity contribution in [3.63, 3.8) is 0 Å². The zero-order valence-electron chi connectivity index (χ0n) is 15.0. The maximum Gasteiger partial charge on any atom is 0.279 e. The van der Waals surface area contributed by atoms with Gasteiger partial charge in [0.2, 0.25) is 0 Å². The van der Waals surface area contributed by atoms with Crippen LogP contribution in [-0.2, 0) is 6.54 Å². The molecule has 134 valence electrons. The Bertz CT molecular complexity index is 1060. The van der Waals surface area contributed by atoms with E-state index in [-0.39, 0.29) is 5.91 Å². The topological polar surface area (TPSA) is 52.8 Å². The molecule has 6 heteroatoms. The highest BCUT2D eigenvalue weighted by Gasteiger charge is 2.16. The number of rotatable bonds is 2. The van der Waals surface area contributed by atoms with Gasteiger partial charge in [0.15, 0.2) is 16.3 Å². The van der Waals surface area contributed by atoms with Gasteiger partial charge in [-0.2, -0.15) is 4.99 Å². The fourth-order valence-corrected chi connectivity index (χ4v) is 4.35. The number of carbonyl (C=O) groups is 1. The molecular formula is C20H20N2O3S. The van der Waals surface area contributed by atoms with Gasteiger partial charge in [0.25, 0.3) is 5.91 Å². The lowest BCUT2D eigenvalue weighted by Gasteiger charge is -2.18. The van der Waals surface area contributed by atoms with Gasteiger partial charge in [-0.15, -0.1) is 0 Å². The summed E-state index contributed by atoms with van der Waals surface area (Å²) in [6.45, 7) is 7.85. The first-order chi connectivity index (χ1) is 12.5. The predicted molar refractivity (Wildman–Crippen MR) is 102 cm³/mol. The first-order valence-electron chi connectivity index (χ1n) is 8.65. The van der Waals surface area contributed by atoms with Crippen molar-refractivity contribution in [3.05, 3.63) is 51.8 Å². The van der Waals surface area contributed by atoms with Gasteiger partial charge in [0.1, 0.15) is 13.2 Å². The van der Waals surface area contributed by atoms with Crippen molar-refractivity contribution in [3.8, 4) is 11.5 Å². The van der Waals surface area contributed by atoms with E-state index in [0.29, 0.717) is 23.6 Å². The molecule has 0 aliphatic carbocycles. The van der Waals surface area contributed by atoms with Gasteiger partial charge >= 0.3 is 0 Å². The molecular weight excluding hydrogens is 348 g/mol. The Hall–Kier alpha value is -2.60. The van der Waals surface area contributed by atoms with Crippen LogP contribution in [0.1, 0.15) is 28.4 Å². The van der Waals surface area contributed by atoms with Crippen molar-refractivity contribution in [2.45, 2.75) is 27.3 Å². The monoisotopic (exact) mass is 368 g/mol. The maximum atomic E-state index is 12.7. The van der Waals surface area contributed by atoms with Crippen molar-refractivity contribution in [1.82, 2.24) is 4.57 Å². The lowest BCUT2D eigenvalue weighted by atomic mass is 10.1. The Kier molecular flexibility index (Phi) is 4.28. The molecule has 2 heterocycles. The Labute approximate surface area is 155 Å². The Morgan fingerprint density at radius 3 is 2.38 bits per heavy atom. The largest absolute Gasteiger partial charge is 0.486 e. The Balaban J connectivity index is 1.84. The third-order valence-electron chi connectivity index (χ3n) is 4.33. The average molecular weight is 368 g/mol. The summed E-state index contributed by atoms with van der Waals surface area (Å²) in [6.07, 6.45) is 0. The molecule has 0 saturated carbocycles. The van der Waals surface area contributed by atoms with Crippen LogP contribution in [0.25, 0.3) is 10.2 Å². The molecule has 1 aliphatic rings. The van der Waals surface area contributed by atoms with E-state index in [1.54, 1.807) is 0 Å². The number of hydrogen-bond acceptors (Lipinski definition) is 4. The first kappa shape index (κ1) is 16.8. The number of ether oxygens (including phenoxy) is 2. The predicted octanol–water partition coefficient (Wildman–Crippen LogP) is 3.85. The molecule has 0 saturated heterocycles. The summed E-state index contributed by atoms with van der Waals surface area (Å²) in [6, 6.07) is 9.75. The molecule has 0 fully saturated rings. The third-order valence-corrected chi connectivity index (χ3v) is 5.37. The highest BCUT2D eigenvalue weighted by Crippen LogP contribution is 2.35. The number of aryl methyl sites for hydroxylation is 3. The average Bonchev–Trinajstić information content (AvgIpc) is 2.94. The minimum Gasteiger partial charge on any atom is -0.486 e. The molecule has 0 N–H and O–H groups in total. The Morgan fingerprint density at radius 1 is 1.08 bits per heavy atom. The minimum atomic E-state index is -0.220. The van der Waals surface area contributed by atoms with Gasteiger partial charge in [-0.1, -0.05) is 28.5 Å². The number of amides is 1. The van der Waals surface area contributed by atoms with Gasteiger partial charge in [-0.05, 0) is 32.9 Å². The zero-order valence-corrected chi connectivity index (χ0v) is 15.9. The number of fused-ring (bicyclic) bond motifs is 2. The molecule has 0 unspecified atom stereocenters. The molecule has 4 rings (SSSR count). The summed E-state index contributed by atoms with van der Waals surface area (Å²) in [5.74, 6) is 1.28. The molecule has 3 aromatic rings. The first-order valence-corrected chi connectivity index (χ1v) is 9.47. The highest BCUT2D eigenvalue weighted by atomic mass is 32.1. The molecule has 1 amide bonds. The van der Waals surface area contributed by atoms with Gasteiger partial charge in [-0.3, -0.25) is 4.79 Å². The van der Waals surface area contributed by atoms with E-state index in [4.69, 9.17) is 9.47 Å².